The van der Waals surface area contributed by atoms with Gasteiger partial charge in [-0.3, -0.25) is 4.31 Å². The molecule has 0 aliphatic rings. The number of rotatable bonds is 5. The van der Waals surface area contributed by atoms with Gasteiger partial charge in [-0.15, -0.1) is 0 Å². The Labute approximate surface area is 136 Å². The van der Waals surface area contributed by atoms with Gasteiger partial charge in [-0.1, -0.05) is 17.7 Å². The Balaban J connectivity index is 2.34. The van der Waals surface area contributed by atoms with Crippen LogP contribution in [0.2, 0.25) is 5.02 Å². The minimum Gasteiger partial charge on any atom is -0.494 e. The van der Waals surface area contributed by atoms with Crippen molar-refractivity contribution in [2.24, 2.45) is 0 Å². The van der Waals surface area contributed by atoms with E-state index >= 15 is 0 Å². The third kappa shape index (κ3) is 3.36. The molecule has 0 saturated carbocycles. The molecule has 118 valence electrons. The van der Waals surface area contributed by atoms with Gasteiger partial charge in [0.15, 0.2) is 0 Å². The standard InChI is InChI=1S/C16H18ClNO3S/c1-4-21-14-7-9-15(10-8-14)22(19,20)18(3)13-6-5-12(2)16(17)11-13/h5-11H,4H2,1-3H3. The van der Waals surface area contributed by atoms with Crippen molar-refractivity contribution >= 4 is 27.3 Å². The molecule has 4 nitrogen and oxygen atoms in total. The minimum atomic E-state index is -3.63. The predicted molar refractivity (Wildman–Crippen MR) is 89.4 cm³/mol. The van der Waals surface area contributed by atoms with Crippen molar-refractivity contribution in [3.05, 3.63) is 53.1 Å². The first-order valence-electron chi connectivity index (χ1n) is 6.84. The van der Waals surface area contributed by atoms with E-state index in [2.05, 4.69) is 0 Å². The lowest BCUT2D eigenvalue weighted by molar-refractivity contribution is 0.340. The van der Waals surface area contributed by atoms with Gasteiger partial charge in [0, 0.05) is 12.1 Å². The molecule has 0 saturated heterocycles. The summed E-state index contributed by atoms with van der Waals surface area (Å²) in [5, 5.41) is 0.534. The number of nitrogens with zero attached hydrogens (tertiary/aromatic N) is 1. The van der Waals surface area contributed by atoms with Gasteiger partial charge >= 0.3 is 0 Å². The fourth-order valence-electron chi connectivity index (χ4n) is 1.95. The van der Waals surface area contributed by atoms with Crippen LogP contribution in [0, 0.1) is 6.92 Å². The van der Waals surface area contributed by atoms with Gasteiger partial charge in [0.05, 0.1) is 17.2 Å². The van der Waals surface area contributed by atoms with Gasteiger partial charge < -0.3 is 4.74 Å². The molecule has 0 fully saturated rings. The largest absolute Gasteiger partial charge is 0.494 e. The number of ether oxygens (including phenoxy) is 1. The van der Waals surface area contributed by atoms with E-state index in [1.807, 2.05) is 13.8 Å². The van der Waals surface area contributed by atoms with Crippen molar-refractivity contribution in [3.8, 4) is 5.75 Å². The predicted octanol–water partition coefficient (Wildman–Crippen LogP) is 3.87. The molecule has 0 atom stereocenters. The first-order chi connectivity index (χ1) is 10.4. The summed E-state index contributed by atoms with van der Waals surface area (Å²) in [4.78, 5) is 0.204. The molecule has 0 bridgehead atoms. The Kier molecular flexibility index (Phi) is 4.98. The molecule has 0 amide bonds. The summed E-state index contributed by atoms with van der Waals surface area (Å²) in [7, 11) is -2.13. The lowest BCUT2D eigenvalue weighted by Crippen LogP contribution is -2.26. The second kappa shape index (κ2) is 6.58. The Morgan fingerprint density at radius 1 is 1.14 bits per heavy atom. The third-order valence-electron chi connectivity index (χ3n) is 3.31. The highest BCUT2D eigenvalue weighted by Gasteiger charge is 2.21. The zero-order valence-electron chi connectivity index (χ0n) is 12.7. The summed E-state index contributed by atoms with van der Waals surface area (Å²) in [6.07, 6.45) is 0. The quantitative estimate of drug-likeness (QED) is 0.830. The van der Waals surface area contributed by atoms with E-state index in [1.54, 1.807) is 30.3 Å². The van der Waals surface area contributed by atoms with Crippen molar-refractivity contribution in [2.45, 2.75) is 18.7 Å². The number of aryl methyl sites for hydroxylation is 1. The van der Waals surface area contributed by atoms with Gasteiger partial charge in [0.25, 0.3) is 10.0 Å². The molecule has 0 aliphatic heterocycles. The van der Waals surface area contributed by atoms with Crippen molar-refractivity contribution in [3.63, 3.8) is 0 Å². The first-order valence-corrected chi connectivity index (χ1v) is 8.66. The van der Waals surface area contributed by atoms with Crippen LogP contribution in [0.15, 0.2) is 47.4 Å². The molecule has 2 aromatic rings. The van der Waals surface area contributed by atoms with Gasteiger partial charge in [0.1, 0.15) is 5.75 Å². The Hall–Kier alpha value is -1.72. The highest BCUT2D eigenvalue weighted by atomic mass is 35.5. The smallest absolute Gasteiger partial charge is 0.264 e. The average Bonchev–Trinajstić information content (AvgIpc) is 2.50. The summed E-state index contributed by atoms with van der Waals surface area (Å²) in [6.45, 7) is 4.28. The van der Waals surface area contributed by atoms with Crippen LogP contribution in [0.25, 0.3) is 0 Å². The molecular weight excluding hydrogens is 322 g/mol. The molecule has 0 aromatic heterocycles. The van der Waals surface area contributed by atoms with Crippen LogP contribution >= 0.6 is 11.6 Å². The second-order valence-corrected chi connectivity index (χ2v) is 7.19. The number of halogens is 1. The summed E-state index contributed by atoms with van der Waals surface area (Å²) in [5.74, 6) is 0.641. The van der Waals surface area contributed by atoms with E-state index in [-0.39, 0.29) is 4.90 Å². The monoisotopic (exact) mass is 339 g/mol. The Morgan fingerprint density at radius 3 is 2.32 bits per heavy atom. The van der Waals surface area contributed by atoms with E-state index in [0.29, 0.717) is 23.1 Å². The molecule has 2 rings (SSSR count). The van der Waals surface area contributed by atoms with E-state index in [4.69, 9.17) is 16.3 Å². The number of benzene rings is 2. The van der Waals surface area contributed by atoms with Crippen LogP contribution in [-0.4, -0.2) is 22.1 Å². The Bertz CT molecular complexity index is 757. The maximum atomic E-state index is 12.6. The summed E-state index contributed by atoms with van der Waals surface area (Å²) in [5.41, 5.74) is 1.42. The van der Waals surface area contributed by atoms with Crippen LogP contribution in [-0.2, 0) is 10.0 Å². The second-order valence-electron chi connectivity index (χ2n) is 4.81. The van der Waals surface area contributed by atoms with Crippen molar-refractivity contribution in [2.75, 3.05) is 18.0 Å². The van der Waals surface area contributed by atoms with Crippen LogP contribution in [0.4, 0.5) is 5.69 Å². The fourth-order valence-corrected chi connectivity index (χ4v) is 3.31. The molecule has 0 unspecified atom stereocenters. The molecule has 2 aromatic carbocycles. The van der Waals surface area contributed by atoms with Crippen molar-refractivity contribution in [1.82, 2.24) is 0 Å². The highest BCUT2D eigenvalue weighted by Crippen LogP contribution is 2.27. The lowest BCUT2D eigenvalue weighted by atomic mass is 10.2. The Morgan fingerprint density at radius 2 is 1.77 bits per heavy atom. The van der Waals surface area contributed by atoms with Crippen LogP contribution in [0.3, 0.4) is 0 Å². The van der Waals surface area contributed by atoms with E-state index in [0.717, 1.165) is 5.56 Å². The number of sulfonamides is 1. The lowest BCUT2D eigenvalue weighted by Gasteiger charge is -2.20. The SMILES string of the molecule is CCOc1ccc(S(=O)(=O)N(C)c2ccc(C)c(Cl)c2)cc1. The average molecular weight is 340 g/mol. The third-order valence-corrected chi connectivity index (χ3v) is 5.52. The highest BCUT2D eigenvalue weighted by molar-refractivity contribution is 7.92. The summed E-state index contributed by atoms with van der Waals surface area (Å²) < 4.78 is 31.8. The van der Waals surface area contributed by atoms with Crippen molar-refractivity contribution < 1.29 is 13.2 Å². The number of hydrogen-bond acceptors (Lipinski definition) is 3. The molecule has 22 heavy (non-hydrogen) atoms. The molecule has 0 N–H and O–H groups in total. The normalized spacial score (nSPS) is 11.3. The van der Waals surface area contributed by atoms with Crippen LogP contribution in [0.5, 0.6) is 5.75 Å². The molecular formula is C16H18ClNO3S. The maximum Gasteiger partial charge on any atom is 0.264 e. The van der Waals surface area contributed by atoms with E-state index < -0.39 is 10.0 Å². The number of anilines is 1. The first kappa shape index (κ1) is 16.6. The van der Waals surface area contributed by atoms with Crippen molar-refractivity contribution in [1.29, 1.82) is 0 Å². The molecule has 0 heterocycles. The zero-order valence-corrected chi connectivity index (χ0v) is 14.3. The summed E-state index contributed by atoms with van der Waals surface area (Å²) in [6, 6.07) is 11.5. The van der Waals surface area contributed by atoms with Gasteiger partial charge in [0.2, 0.25) is 0 Å². The van der Waals surface area contributed by atoms with E-state index in [1.165, 1.54) is 23.5 Å². The molecule has 0 spiro atoms. The van der Waals surface area contributed by atoms with Crippen LogP contribution < -0.4 is 9.04 Å². The molecule has 0 aliphatic carbocycles. The fraction of sp³-hybridized carbons (Fsp3) is 0.250. The topological polar surface area (TPSA) is 46.6 Å². The van der Waals surface area contributed by atoms with Gasteiger partial charge in [-0.2, -0.15) is 0 Å². The van der Waals surface area contributed by atoms with Gasteiger partial charge in [-0.05, 0) is 55.8 Å². The van der Waals surface area contributed by atoms with Crippen LogP contribution in [0.1, 0.15) is 12.5 Å². The minimum absolute atomic E-state index is 0.204. The van der Waals surface area contributed by atoms with E-state index in [9.17, 15) is 8.42 Å². The number of hydrogen-bond donors (Lipinski definition) is 0. The molecule has 6 heteroatoms. The zero-order chi connectivity index (χ0) is 16.3. The molecule has 0 radical (unpaired) electrons. The summed E-state index contributed by atoms with van der Waals surface area (Å²) >= 11 is 6.07. The van der Waals surface area contributed by atoms with Gasteiger partial charge in [-0.25, -0.2) is 8.42 Å². The maximum absolute atomic E-state index is 12.6.